The molecule has 1 aliphatic rings. The predicted octanol–water partition coefficient (Wildman–Crippen LogP) is 3.36. The number of sulfonamides is 1. The normalized spacial score (nSPS) is 17.7. The lowest BCUT2D eigenvalue weighted by atomic mass is 10.2. The van der Waals surface area contributed by atoms with Crippen molar-refractivity contribution in [1.82, 2.24) is 9.62 Å². The van der Waals surface area contributed by atoms with Gasteiger partial charge < -0.3 is 4.42 Å². The Labute approximate surface area is 156 Å². The molecule has 0 spiro atoms. The van der Waals surface area contributed by atoms with Crippen molar-refractivity contribution in [3.05, 3.63) is 60.1 Å². The van der Waals surface area contributed by atoms with Crippen LogP contribution in [-0.4, -0.2) is 38.7 Å². The molecule has 5 nitrogen and oxygen atoms in total. The summed E-state index contributed by atoms with van der Waals surface area (Å²) in [7, 11) is -3.33. The van der Waals surface area contributed by atoms with Crippen LogP contribution in [0.25, 0.3) is 0 Å². The minimum absolute atomic E-state index is 0.0467. The molecule has 1 atom stereocenters. The van der Waals surface area contributed by atoms with Crippen LogP contribution in [0.1, 0.15) is 43.0 Å². The molecule has 0 aliphatic carbocycles. The molecule has 6 heteroatoms. The summed E-state index contributed by atoms with van der Waals surface area (Å²) < 4.78 is 33.4. The van der Waals surface area contributed by atoms with Gasteiger partial charge in [-0.25, -0.2) is 13.1 Å². The maximum atomic E-state index is 12.5. The van der Waals surface area contributed by atoms with Crippen molar-refractivity contribution in [2.45, 2.75) is 38.1 Å². The zero-order valence-corrected chi connectivity index (χ0v) is 16.0. The average molecular weight is 377 g/mol. The van der Waals surface area contributed by atoms with Crippen molar-refractivity contribution in [3.63, 3.8) is 0 Å². The lowest BCUT2D eigenvalue weighted by molar-refractivity contribution is 0.182. The lowest BCUT2D eigenvalue weighted by Gasteiger charge is -2.29. The molecule has 0 amide bonds. The smallest absolute Gasteiger partial charge is 0.211 e. The Hall–Kier alpha value is -1.63. The zero-order chi connectivity index (χ0) is 18.2. The summed E-state index contributed by atoms with van der Waals surface area (Å²) in [5.41, 5.74) is 1.04. The fraction of sp³-hybridized carbons (Fsp3) is 0.500. The summed E-state index contributed by atoms with van der Waals surface area (Å²) >= 11 is 0. The molecule has 1 fully saturated rings. The molecule has 0 radical (unpaired) electrons. The van der Waals surface area contributed by atoms with E-state index in [4.69, 9.17) is 4.42 Å². The third-order valence-corrected chi connectivity index (χ3v) is 6.30. The van der Waals surface area contributed by atoms with E-state index in [9.17, 15) is 8.42 Å². The maximum absolute atomic E-state index is 12.5. The van der Waals surface area contributed by atoms with E-state index in [1.807, 2.05) is 42.5 Å². The molecular formula is C20H28N2O3S. The van der Waals surface area contributed by atoms with Crippen molar-refractivity contribution in [2.24, 2.45) is 0 Å². The number of benzene rings is 1. The van der Waals surface area contributed by atoms with Crippen LogP contribution in [0.15, 0.2) is 53.1 Å². The van der Waals surface area contributed by atoms with Crippen molar-refractivity contribution < 1.29 is 12.8 Å². The van der Waals surface area contributed by atoms with Gasteiger partial charge in [-0.1, -0.05) is 43.2 Å². The summed E-state index contributed by atoms with van der Waals surface area (Å²) in [6, 6.07) is 13.5. The highest BCUT2D eigenvalue weighted by atomic mass is 32.2. The number of aryl methyl sites for hydroxylation is 1. The van der Waals surface area contributed by atoms with Crippen molar-refractivity contribution in [3.8, 4) is 0 Å². The first-order valence-electron chi connectivity index (χ1n) is 9.43. The van der Waals surface area contributed by atoms with E-state index in [-0.39, 0.29) is 11.8 Å². The van der Waals surface area contributed by atoms with Gasteiger partial charge >= 0.3 is 0 Å². The second kappa shape index (κ2) is 9.35. The second-order valence-corrected chi connectivity index (χ2v) is 8.81. The first-order valence-corrected chi connectivity index (χ1v) is 11.1. The predicted molar refractivity (Wildman–Crippen MR) is 103 cm³/mol. The van der Waals surface area contributed by atoms with Gasteiger partial charge in [-0.05, 0) is 50.0 Å². The highest BCUT2D eigenvalue weighted by molar-refractivity contribution is 7.89. The largest absolute Gasteiger partial charge is 0.468 e. The molecule has 26 heavy (non-hydrogen) atoms. The van der Waals surface area contributed by atoms with Gasteiger partial charge in [0.05, 0.1) is 18.1 Å². The van der Waals surface area contributed by atoms with E-state index in [1.165, 1.54) is 12.8 Å². The van der Waals surface area contributed by atoms with Gasteiger partial charge in [0.25, 0.3) is 0 Å². The highest BCUT2D eigenvalue weighted by Gasteiger charge is 2.25. The summed E-state index contributed by atoms with van der Waals surface area (Å²) in [5, 5.41) is 0. The van der Waals surface area contributed by atoms with Gasteiger partial charge in [0.2, 0.25) is 10.0 Å². The summed E-state index contributed by atoms with van der Waals surface area (Å²) in [5.74, 6) is 0.930. The molecule has 1 aromatic heterocycles. The number of nitrogens with zero attached hydrogens (tertiary/aromatic N) is 1. The monoisotopic (exact) mass is 376 g/mol. The Balaban J connectivity index is 1.61. The Morgan fingerprint density at radius 3 is 2.38 bits per heavy atom. The number of hydrogen-bond acceptors (Lipinski definition) is 4. The Kier molecular flexibility index (Phi) is 6.88. The van der Waals surface area contributed by atoms with Gasteiger partial charge in [-0.3, -0.25) is 4.90 Å². The average Bonchev–Trinajstić information content (AvgIpc) is 3.04. The van der Waals surface area contributed by atoms with Crippen LogP contribution in [0.2, 0.25) is 0 Å². The van der Waals surface area contributed by atoms with Crippen molar-refractivity contribution in [1.29, 1.82) is 0 Å². The van der Waals surface area contributed by atoms with Gasteiger partial charge in [0, 0.05) is 6.54 Å². The van der Waals surface area contributed by atoms with Crippen LogP contribution in [0.4, 0.5) is 0 Å². The van der Waals surface area contributed by atoms with Gasteiger partial charge in [-0.2, -0.15) is 0 Å². The van der Waals surface area contributed by atoms with Gasteiger partial charge in [0.1, 0.15) is 5.76 Å². The number of rotatable bonds is 8. The van der Waals surface area contributed by atoms with Crippen molar-refractivity contribution in [2.75, 3.05) is 25.4 Å². The Bertz CT molecular complexity index is 737. The van der Waals surface area contributed by atoms with E-state index in [0.717, 1.165) is 37.3 Å². The number of likely N-dealkylation sites (tertiary alicyclic amines) is 1. The van der Waals surface area contributed by atoms with Crippen LogP contribution in [0.3, 0.4) is 0 Å². The van der Waals surface area contributed by atoms with Crippen LogP contribution in [0, 0.1) is 0 Å². The molecule has 2 heterocycles. The Morgan fingerprint density at radius 2 is 1.73 bits per heavy atom. The van der Waals surface area contributed by atoms with E-state index >= 15 is 0 Å². The van der Waals surface area contributed by atoms with E-state index in [0.29, 0.717) is 13.0 Å². The molecule has 1 aromatic carbocycles. The highest BCUT2D eigenvalue weighted by Crippen LogP contribution is 2.24. The molecule has 0 saturated carbocycles. The molecular weight excluding hydrogens is 348 g/mol. The maximum Gasteiger partial charge on any atom is 0.211 e. The third-order valence-electron chi connectivity index (χ3n) is 4.95. The van der Waals surface area contributed by atoms with E-state index < -0.39 is 10.0 Å². The standard InChI is InChI=1S/C20H28N2O3S/c23-26(24,16-12-18-9-4-3-5-10-18)21-17-19(20-11-8-15-25-20)22-13-6-1-2-7-14-22/h3-5,8-11,15,19,21H,1-2,6-7,12-14,16-17H2. The molecule has 0 bridgehead atoms. The number of furan rings is 1. The molecule has 2 aromatic rings. The molecule has 3 rings (SSSR count). The quantitative estimate of drug-likeness (QED) is 0.767. The van der Waals surface area contributed by atoms with E-state index in [1.54, 1.807) is 6.26 Å². The topological polar surface area (TPSA) is 62.6 Å². The zero-order valence-electron chi connectivity index (χ0n) is 15.1. The van der Waals surface area contributed by atoms with E-state index in [2.05, 4.69) is 9.62 Å². The second-order valence-electron chi connectivity index (χ2n) is 6.88. The van der Waals surface area contributed by atoms with Crippen LogP contribution < -0.4 is 4.72 Å². The first-order chi connectivity index (χ1) is 12.6. The summed E-state index contributed by atoms with van der Waals surface area (Å²) in [6.45, 7) is 2.32. The number of nitrogens with one attached hydrogen (secondary N) is 1. The molecule has 142 valence electrons. The first kappa shape index (κ1) is 19.1. The molecule has 1 aliphatic heterocycles. The fourth-order valence-corrected chi connectivity index (χ4v) is 4.53. The molecule has 1 saturated heterocycles. The number of hydrogen-bond donors (Lipinski definition) is 1. The molecule has 1 unspecified atom stereocenters. The summed E-state index contributed by atoms with van der Waals surface area (Å²) in [6.07, 6.45) is 6.96. The van der Waals surface area contributed by atoms with Gasteiger partial charge in [-0.15, -0.1) is 0 Å². The Morgan fingerprint density at radius 1 is 1.00 bits per heavy atom. The van der Waals surface area contributed by atoms with Crippen LogP contribution in [-0.2, 0) is 16.4 Å². The minimum Gasteiger partial charge on any atom is -0.468 e. The third kappa shape index (κ3) is 5.69. The van der Waals surface area contributed by atoms with Gasteiger partial charge in [0.15, 0.2) is 0 Å². The SMILES string of the molecule is O=S(=O)(CCc1ccccc1)NCC(c1ccco1)N1CCCCCC1. The van der Waals surface area contributed by atoms with Crippen molar-refractivity contribution >= 4 is 10.0 Å². The van der Waals surface area contributed by atoms with Crippen LogP contribution in [0.5, 0.6) is 0 Å². The lowest BCUT2D eigenvalue weighted by Crippen LogP contribution is -2.39. The fourth-order valence-electron chi connectivity index (χ4n) is 3.47. The molecule has 1 N–H and O–H groups in total. The minimum atomic E-state index is -3.33. The van der Waals surface area contributed by atoms with Crippen LogP contribution >= 0.6 is 0 Å². The summed E-state index contributed by atoms with van der Waals surface area (Å²) in [4.78, 5) is 2.35.